The van der Waals surface area contributed by atoms with Gasteiger partial charge >= 0.3 is 0 Å². The lowest BCUT2D eigenvalue weighted by Gasteiger charge is -2.31. The molecule has 0 unspecified atom stereocenters. The highest BCUT2D eigenvalue weighted by atomic mass is 32.2. The highest BCUT2D eigenvalue weighted by molar-refractivity contribution is 8.04. The van der Waals surface area contributed by atoms with E-state index in [0.717, 1.165) is 41.3 Å². The lowest BCUT2D eigenvalue weighted by molar-refractivity contribution is -0.114. The number of amides is 2. The zero-order valence-corrected chi connectivity index (χ0v) is 26.1. The molecule has 0 bridgehead atoms. The first-order valence-electron chi connectivity index (χ1n) is 14.6. The first kappa shape index (κ1) is 30.6. The van der Waals surface area contributed by atoms with Gasteiger partial charge in [-0.05, 0) is 72.7 Å². The van der Waals surface area contributed by atoms with Gasteiger partial charge in [-0.3, -0.25) is 9.59 Å². The minimum absolute atomic E-state index is 0.0104. The lowest BCUT2D eigenvalue weighted by Crippen LogP contribution is -2.38. The van der Waals surface area contributed by atoms with E-state index < -0.39 is 0 Å². The number of benzene rings is 3. The van der Waals surface area contributed by atoms with Crippen molar-refractivity contribution in [3.8, 4) is 0 Å². The third-order valence-corrected chi connectivity index (χ3v) is 8.17. The number of hydrogen-bond acceptors (Lipinski definition) is 4. The van der Waals surface area contributed by atoms with Gasteiger partial charge < -0.3 is 15.1 Å². The minimum Gasteiger partial charge on any atom is -0.351 e. The Bertz CT molecular complexity index is 1380. The molecule has 0 aliphatic carbocycles. The van der Waals surface area contributed by atoms with E-state index in [1.165, 1.54) is 22.9 Å². The van der Waals surface area contributed by atoms with Crippen molar-refractivity contribution in [3.63, 3.8) is 0 Å². The van der Waals surface area contributed by atoms with Crippen LogP contribution in [0, 0.1) is 25.7 Å². The Morgan fingerprint density at radius 3 is 2.32 bits per heavy atom. The summed E-state index contributed by atoms with van der Waals surface area (Å²) in [4.78, 5) is 32.6. The fourth-order valence-electron chi connectivity index (χ4n) is 5.16. The number of nitrogens with one attached hydrogen (secondary N) is 1. The zero-order chi connectivity index (χ0) is 29.5. The zero-order valence-electron chi connectivity index (χ0n) is 25.2. The molecule has 2 amide bonds. The average molecular weight is 570 g/mol. The lowest BCUT2D eigenvalue weighted by atomic mass is 10.0. The van der Waals surface area contributed by atoms with E-state index in [1.807, 2.05) is 53.4 Å². The van der Waals surface area contributed by atoms with Crippen LogP contribution in [0.4, 0.5) is 5.69 Å². The molecule has 1 heterocycles. The molecule has 0 radical (unpaired) electrons. The number of thioether (sulfide) groups is 1. The molecule has 0 spiro atoms. The van der Waals surface area contributed by atoms with Crippen molar-refractivity contribution < 1.29 is 9.59 Å². The minimum atomic E-state index is -0.0741. The number of anilines is 1. The van der Waals surface area contributed by atoms with Gasteiger partial charge in [0.05, 0.1) is 17.1 Å². The van der Waals surface area contributed by atoms with Crippen LogP contribution in [0.15, 0.2) is 76.5 Å². The number of carbonyl (C=O) groups is 2. The molecule has 1 N–H and O–H groups in total. The third-order valence-electron chi connectivity index (χ3n) is 7.10. The van der Waals surface area contributed by atoms with Crippen LogP contribution in [0.2, 0.25) is 0 Å². The van der Waals surface area contributed by atoms with E-state index in [2.05, 4.69) is 76.0 Å². The molecule has 0 aromatic heterocycles. The maximum absolute atomic E-state index is 13.7. The number of carbonyl (C=O) groups excluding carboxylic acids is 2. The normalized spacial score (nSPS) is 14.3. The molecule has 1 aliphatic rings. The standard InChI is InChI=1S/C35H43N3O2S/c1-24(2)21-37(22-25(3)4)18-17-36-34(39)29-15-13-28(14-16-29)20-33-35(40)38(31-9-7-8-10-32(31)41-33)23-30-19-26(5)11-12-27(30)6/h7-16,19-20,24-25H,17-18,21-23H2,1-6H3,(H,36,39). The molecule has 6 heteroatoms. The molecule has 0 atom stereocenters. The highest BCUT2D eigenvalue weighted by Crippen LogP contribution is 2.42. The van der Waals surface area contributed by atoms with E-state index in [0.29, 0.717) is 35.4 Å². The Kier molecular flexibility index (Phi) is 10.5. The van der Waals surface area contributed by atoms with Crippen molar-refractivity contribution in [2.24, 2.45) is 11.8 Å². The first-order valence-corrected chi connectivity index (χ1v) is 15.4. The summed E-state index contributed by atoms with van der Waals surface area (Å²) in [5, 5.41) is 3.07. The van der Waals surface area contributed by atoms with E-state index >= 15 is 0 Å². The SMILES string of the molecule is Cc1ccc(C)c(CN2C(=O)C(=Cc3ccc(C(=O)NCCN(CC(C)C)CC(C)C)cc3)Sc3ccccc32)c1. The Morgan fingerprint density at radius 2 is 1.63 bits per heavy atom. The van der Waals surface area contributed by atoms with E-state index in [9.17, 15) is 9.59 Å². The van der Waals surface area contributed by atoms with Gasteiger partial charge in [-0.25, -0.2) is 0 Å². The first-order chi connectivity index (χ1) is 19.6. The van der Waals surface area contributed by atoms with Crippen LogP contribution in [0.5, 0.6) is 0 Å². The smallest absolute Gasteiger partial charge is 0.265 e. The molecule has 216 valence electrons. The number of rotatable bonds is 11. The van der Waals surface area contributed by atoms with Gasteiger partial charge in [-0.1, -0.05) is 87.5 Å². The van der Waals surface area contributed by atoms with Gasteiger partial charge in [-0.2, -0.15) is 0 Å². The summed E-state index contributed by atoms with van der Waals surface area (Å²) in [6, 6.07) is 21.9. The summed E-state index contributed by atoms with van der Waals surface area (Å²) in [5.74, 6) is 1.10. The van der Waals surface area contributed by atoms with Crippen molar-refractivity contribution >= 4 is 35.3 Å². The molecule has 3 aromatic rings. The summed E-state index contributed by atoms with van der Waals surface area (Å²) in [7, 11) is 0. The number of aryl methyl sites for hydroxylation is 2. The van der Waals surface area contributed by atoms with Crippen LogP contribution < -0.4 is 10.2 Å². The van der Waals surface area contributed by atoms with Crippen molar-refractivity contribution in [3.05, 3.63) is 99.5 Å². The van der Waals surface area contributed by atoms with Crippen LogP contribution in [-0.2, 0) is 11.3 Å². The van der Waals surface area contributed by atoms with E-state index in [1.54, 1.807) is 0 Å². The molecule has 1 aliphatic heterocycles. The Balaban J connectivity index is 1.45. The maximum Gasteiger partial charge on any atom is 0.265 e. The number of nitrogens with zero attached hydrogens (tertiary/aromatic N) is 2. The highest BCUT2D eigenvalue weighted by Gasteiger charge is 2.29. The van der Waals surface area contributed by atoms with Crippen LogP contribution in [0.3, 0.4) is 0 Å². The Hall–Kier alpha value is -3.35. The van der Waals surface area contributed by atoms with Crippen molar-refractivity contribution in [1.29, 1.82) is 0 Å². The Labute approximate surface area is 250 Å². The van der Waals surface area contributed by atoms with E-state index in [4.69, 9.17) is 0 Å². The van der Waals surface area contributed by atoms with E-state index in [-0.39, 0.29) is 11.8 Å². The van der Waals surface area contributed by atoms with Gasteiger partial charge in [-0.15, -0.1) is 0 Å². The third kappa shape index (κ3) is 8.34. The molecular formula is C35H43N3O2S. The number of para-hydroxylation sites is 1. The Morgan fingerprint density at radius 1 is 0.951 bits per heavy atom. The summed E-state index contributed by atoms with van der Waals surface area (Å²) in [5.41, 5.74) is 5.95. The fourth-order valence-corrected chi connectivity index (χ4v) is 6.22. The topological polar surface area (TPSA) is 52.7 Å². The predicted molar refractivity (Wildman–Crippen MR) is 172 cm³/mol. The average Bonchev–Trinajstić information content (AvgIpc) is 2.92. The van der Waals surface area contributed by atoms with Gasteiger partial charge in [0.25, 0.3) is 11.8 Å². The second-order valence-electron chi connectivity index (χ2n) is 11.8. The molecule has 0 saturated carbocycles. The second kappa shape index (κ2) is 14.0. The molecule has 0 fully saturated rings. The molecule has 5 nitrogen and oxygen atoms in total. The van der Waals surface area contributed by atoms with Crippen LogP contribution >= 0.6 is 11.8 Å². The van der Waals surface area contributed by atoms with Crippen molar-refractivity contribution in [2.75, 3.05) is 31.1 Å². The summed E-state index contributed by atoms with van der Waals surface area (Å²) in [6.07, 6.45) is 1.93. The second-order valence-corrected chi connectivity index (χ2v) is 12.9. The summed E-state index contributed by atoms with van der Waals surface area (Å²) in [6.45, 7) is 17.1. The van der Waals surface area contributed by atoms with Gasteiger partial charge in [0.15, 0.2) is 0 Å². The maximum atomic E-state index is 13.7. The quantitative estimate of drug-likeness (QED) is 0.246. The number of hydrogen-bond donors (Lipinski definition) is 1. The summed E-state index contributed by atoms with van der Waals surface area (Å²) >= 11 is 1.50. The molecule has 41 heavy (non-hydrogen) atoms. The van der Waals surface area contributed by atoms with Crippen LogP contribution in [0.25, 0.3) is 6.08 Å². The predicted octanol–water partition coefficient (Wildman–Crippen LogP) is 7.33. The molecular weight excluding hydrogens is 526 g/mol. The fraction of sp³-hybridized carbons (Fsp3) is 0.371. The van der Waals surface area contributed by atoms with Crippen molar-refractivity contribution in [2.45, 2.75) is 53.0 Å². The molecule has 4 rings (SSSR count). The van der Waals surface area contributed by atoms with Gasteiger partial charge in [0.2, 0.25) is 0 Å². The monoisotopic (exact) mass is 569 g/mol. The summed E-state index contributed by atoms with van der Waals surface area (Å²) < 4.78 is 0. The van der Waals surface area contributed by atoms with Gasteiger partial charge in [0.1, 0.15) is 0 Å². The van der Waals surface area contributed by atoms with Crippen LogP contribution in [-0.4, -0.2) is 42.9 Å². The largest absolute Gasteiger partial charge is 0.351 e. The molecule has 3 aromatic carbocycles. The van der Waals surface area contributed by atoms with Crippen LogP contribution in [0.1, 0.15) is 60.3 Å². The molecule has 0 saturated heterocycles. The van der Waals surface area contributed by atoms with Crippen molar-refractivity contribution in [1.82, 2.24) is 10.2 Å². The van der Waals surface area contributed by atoms with Gasteiger partial charge in [0, 0.05) is 36.6 Å². The number of fused-ring (bicyclic) bond motifs is 1.